The van der Waals surface area contributed by atoms with E-state index in [0.29, 0.717) is 42.8 Å². The fourth-order valence-corrected chi connectivity index (χ4v) is 3.95. The first-order valence-corrected chi connectivity index (χ1v) is 10.1. The summed E-state index contributed by atoms with van der Waals surface area (Å²) in [7, 11) is 0. The van der Waals surface area contributed by atoms with Crippen LogP contribution in [0.5, 0.6) is 0 Å². The number of imidazole rings is 1. The summed E-state index contributed by atoms with van der Waals surface area (Å²) in [5, 5.41) is 6.74. The first kappa shape index (κ1) is 19.2. The number of rotatable bonds is 4. The second-order valence-corrected chi connectivity index (χ2v) is 8.08. The van der Waals surface area contributed by atoms with Crippen LogP contribution in [0.25, 0.3) is 16.9 Å². The van der Waals surface area contributed by atoms with Crippen molar-refractivity contribution in [3.05, 3.63) is 74.8 Å². The molecule has 0 amide bonds. The molecule has 0 atom stereocenters. The Morgan fingerprint density at radius 1 is 1.07 bits per heavy atom. The topological polar surface area (TPSA) is 42.7 Å². The molecule has 4 rings (SSSR count). The Labute approximate surface area is 179 Å². The molecule has 0 fully saturated rings. The molecule has 0 aliphatic carbocycles. The smallest absolute Gasteiger partial charge is 0.187 e. The van der Waals surface area contributed by atoms with Gasteiger partial charge in [0.15, 0.2) is 5.13 Å². The molecule has 28 heavy (non-hydrogen) atoms. The van der Waals surface area contributed by atoms with Gasteiger partial charge in [0.1, 0.15) is 5.82 Å². The van der Waals surface area contributed by atoms with Gasteiger partial charge < -0.3 is 9.88 Å². The highest BCUT2D eigenvalue weighted by Gasteiger charge is 2.12. The number of nitrogens with zero attached hydrogens (tertiary/aromatic N) is 3. The van der Waals surface area contributed by atoms with Gasteiger partial charge in [0.25, 0.3) is 0 Å². The van der Waals surface area contributed by atoms with E-state index in [0.717, 1.165) is 5.69 Å². The van der Waals surface area contributed by atoms with Crippen LogP contribution in [0.2, 0.25) is 15.1 Å². The lowest BCUT2D eigenvalue weighted by molar-refractivity contribution is 0.618. The van der Waals surface area contributed by atoms with E-state index in [2.05, 4.69) is 15.3 Å². The van der Waals surface area contributed by atoms with Crippen molar-refractivity contribution in [1.29, 1.82) is 0 Å². The highest BCUT2D eigenvalue weighted by molar-refractivity contribution is 7.14. The van der Waals surface area contributed by atoms with Gasteiger partial charge in [-0.1, -0.05) is 40.9 Å². The molecule has 4 nitrogen and oxygen atoms in total. The number of hydrogen-bond donors (Lipinski definition) is 1. The van der Waals surface area contributed by atoms with Crippen LogP contribution in [0.1, 0.15) is 5.69 Å². The molecule has 2 aromatic heterocycles. The number of aryl methyl sites for hydroxylation is 1. The maximum absolute atomic E-state index is 14.6. The predicted molar refractivity (Wildman–Crippen MR) is 114 cm³/mol. The number of halogens is 4. The monoisotopic (exact) mass is 452 g/mol. The summed E-state index contributed by atoms with van der Waals surface area (Å²) in [4.78, 5) is 8.63. The number of nitrogens with one attached hydrogen (secondary N) is 1. The number of thiazole rings is 1. The molecule has 9 heteroatoms. The average Bonchev–Trinajstić information content (AvgIpc) is 3.29. The van der Waals surface area contributed by atoms with Crippen molar-refractivity contribution in [1.82, 2.24) is 14.5 Å². The van der Waals surface area contributed by atoms with Gasteiger partial charge >= 0.3 is 0 Å². The minimum Gasteiger partial charge on any atom is -0.330 e. The molecule has 0 aliphatic rings. The van der Waals surface area contributed by atoms with Crippen molar-refractivity contribution in [3.63, 3.8) is 0 Å². The summed E-state index contributed by atoms with van der Waals surface area (Å²) in [5.41, 5.74) is 3.16. The van der Waals surface area contributed by atoms with Gasteiger partial charge in [-0.05, 0) is 31.2 Å². The molecule has 0 unspecified atom stereocenters. The molecule has 0 radical (unpaired) electrons. The van der Waals surface area contributed by atoms with E-state index in [4.69, 9.17) is 34.8 Å². The first-order chi connectivity index (χ1) is 13.4. The quantitative estimate of drug-likeness (QED) is 0.334. The van der Waals surface area contributed by atoms with Gasteiger partial charge in [-0.3, -0.25) is 0 Å². The zero-order valence-electron chi connectivity index (χ0n) is 14.4. The molecular formula is C19H12Cl3FN4S. The van der Waals surface area contributed by atoms with Crippen LogP contribution >= 0.6 is 46.1 Å². The lowest BCUT2D eigenvalue weighted by Crippen LogP contribution is -1.95. The molecule has 0 bridgehead atoms. The molecule has 2 aromatic carbocycles. The Bertz CT molecular complexity index is 1170. The third-order valence-electron chi connectivity index (χ3n) is 3.99. The predicted octanol–water partition coefficient (Wildman–Crippen LogP) is 7.15. The van der Waals surface area contributed by atoms with E-state index in [-0.39, 0.29) is 5.82 Å². The van der Waals surface area contributed by atoms with Crippen molar-refractivity contribution >= 4 is 57.0 Å². The van der Waals surface area contributed by atoms with Crippen molar-refractivity contribution in [3.8, 4) is 16.9 Å². The second-order valence-electron chi connectivity index (χ2n) is 6.00. The van der Waals surface area contributed by atoms with Gasteiger partial charge in [0, 0.05) is 17.1 Å². The SMILES string of the molecule is Cc1cn(-c2ccc(-c3csc(Nc4cc(Cl)c(Cl)cc4Cl)n3)cc2F)cn1. The number of hydrogen-bond acceptors (Lipinski definition) is 4. The number of aromatic nitrogens is 3. The van der Waals surface area contributed by atoms with Gasteiger partial charge in [-0.15, -0.1) is 11.3 Å². The third kappa shape index (κ3) is 3.86. The fraction of sp³-hybridized carbons (Fsp3) is 0.0526. The zero-order chi connectivity index (χ0) is 19.8. The van der Waals surface area contributed by atoms with E-state index < -0.39 is 0 Å². The Morgan fingerprint density at radius 2 is 1.86 bits per heavy atom. The summed E-state index contributed by atoms with van der Waals surface area (Å²) < 4.78 is 16.2. The van der Waals surface area contributed by atoms with E-state index in [1.54, 1.807) is 35.3 Å². The largest absolute Gasteiger partial charge is 0.330 e. The molecule has 0 spiro atoms. The summed E-state index contributed by atoms with van der Waals surface area (Å²) in [5.74, 6) is -0.357. The van der Waals surface area contributed by atoms with E-state index in [9.17, 15) is 4.39 Å². The van der Waals surface area contributed by atoms with Crippen molar-refractivity contribution in [2.24, 2.45) is 0 Å². The minimum atomic E-state index is -0.357. The first-order valence-electron chi connectivity index (χ1n) is 8.08. The van der Waals surface area contributed by atoms with Gasteiger partial charge in [-0.2, -0.15) is 0 Å². The molecule has 2 heterocycles. The van der Waals surface area contributed by atoms with Crippen LogP contribution in [0.15, 0.2) is 48.2 Å². The average molecular weight is 454 g/mol. The van der Waals surface area contributed by atoms with E-state index in [1.807, 2.05) is 18.4 Å². The number of anilines is 2. The summed E-state index contributed by atoms with van der Waals surface area (Å²) in [6, 6.07) is 8.17. The van der Waals surface area contributed by atoms with Crippen molar-refractivity contribution < 1.29 is 4.39 Å². The molecule has 1 N–H and O–H groups in total. The maximum atomic E-state index is 14.6. The standard InChI is InChI=1S/C19H12Cl3FN4S/c1-10-7-27(9-24-10)18-3-2-11(4-15(18)23)17-8-28-19(26-17)25-16-6-13(21)12(20)5-14(16)22/h2-9H,1H3,(H,25,26). The van der Waals surface area contributed by atoms with E-state index >= 15 is 0 Å². The maximum Gasteiger partial charge on any atom is 0.187 e. The molecule has 142 valence electrons. The van der Waals surface area contributed by atoms with Crippen LogP contribution in [0.4, 0.5) is 15.2 Å². The Kier molecular flexibility index (Phi) is 5.29. The van der Waals surface area contributed by atoms with Gasteiger partial charge in [0.05, 0.1) is 44.2 Å². The fourth-order valence-electron chi connectivity index (χ4n) is 2.63. The number of benzene rings is 2. The minimum absolute atomic E-state index is 0.357. The lowest BCUT2D eigenvalue weighted by atomic mass is 10.1. The lowest BCUT2D eigenvalue weighted by Gasteiger charge is -2.07. The molecular weight excluding hydrogens is 442 g/mol. The molecule has 0 saturated heterocycles. The summed E-state index contributed by atoms with van der Waals surface area (Å²) in [6.07, 6.45) is 3.35. The molecule has 0 aliphatic heterocycles. The molecule has 0 saturated carbocycles. The summed E-state index contributed by atoms with van der Waals surface area (Å²) in [6.45, 7) is 1.85. The van der Waals surface area contributed by atoms with Crippen LogP contribution in [0.3, 0.4) is 0 Å². The van der Waals surface area contributed by atoms with Crippen LogP contribution in [-0.2, 0) is 0 Å². The van der Waals surface area contributed by atoms with E-state index in [1.165, 1.54) is 17.4 Å². The Hall–Kier alpha value is -2.12. The van der Waals surface area contributed by atoms with Gasteiger partial charge in [0.2, 0.25) is 0 Å². The zero-order valence-corrected chi connectivity index (χ0v) is 17.5. The third-order valence-corrected chi connectivity index (χ3v) is 5.78. The highest BCUT2D eigenvalue weighted by atomic mass is 35.5. The second kappa shape index (κ2) is 7.72. The highest BCUT2D eigenvalue weighted by Crippen LogP contribution is 2.35. The van der Waals surface area contributed by atoms with Gasteiger partial charge in [-0.25, -0.2) is 14.4 Å². The summed E-state index contributed by atoms with van der Waals surface area (Å²) >= 11 is 19.6. The van der Waals surface area contributed by atoms with Crippen LogP contribution in [0, 0.1) is 12.7 Å². The Balaban J connectivity index is 1.59. The van der Waals surface area contributed by atoms with Crippen LogP contribution in [-0.4, -0.2) is 14.5 Å². The molecule has 4 aromatic rings. The van der Waals surface area contributed by atoms with Crippen molar-refractivity contribution in [2.45, 2.75) is 6.92 Å². The normalized spacial score (nSPS) is 11.0. The Morgan fingerprint density at radius 3 is 2.57 bits per heavy atom. The van der Waals surface area contributed by atoms with Crippen LogP contribution < -0.4 is 5.32 Å². The van der Waals surface area contributed by atoms with Crippen molar-refractivity contribution in [2.75, 3.05) is 5.32 Å².